The zero-order valence-electron chi connectivity index (χ0n) is 10.9. The molecular formula is C11H16N6OS. The molecular weight excluding hydrogens is 264 g/mol. The van der Waals surface area contributed by atoms with Crippen LogP contribution in [0.1, 0.15) is 23.7 Å². The number of ether oxygens (including phenoxy) is 1. The molecule has 0 fully saturated rings. The van der Waals surface area contributed by atoms with Gasteiger partial charge in [-0.2, -0.15) is 15.0 Å². The van der Waals surface area contributed by atoms with E-state index in [1.807, 2.05) is 13.1 Å². The van der Waals surface area contributed by atoms with Crippen LogP contribution in [0.25, 0.3) is 0 Å². The lowest BCUT2D eigenvalue weighted by atomic mass is 10.4. The molecule has 0 amide bonds. The lowest BCUT2D eigenvalue weighted by Crippen LogP contribution is -2.09. The SMILES string of the molecule is CCOc1nc(N)nc(NCc2ncc(CC)s2)n1. The molecule has 0 saturated heterocycles. The molecule has 2 heterocycles. The third-order valence-electron chi connectivity index (χ3n) is 2.25. The van der Waals surface area contributed by atoms with Crippen molar-refractivity contribution in [2.24, 2.45) is 0 Å². The molecule has 0 aromatic carbocycles. The molecule has 19 heavy (non-hydrogen) atoms. The van der Waals surface area contributed by atoms with Crippen LogP contribution in [0.3, 0.4) is 0 Å². The standard InChI is InChI=1S/C11H16N6OS/c1-3-7-5-13-8(19-7)6-14-10-15-9(12)16-11(17-10)18-4-2/h5H,3-4,6H2,1-2H3,(H3,12,14,15,16,17). The molecule has 2 aromatic rings. The Kier molecular flexibility index (Phi) is 4.45. The summed E-state index contributed by atoms with van der Waals surface area (Å²) in [6.45, 7) is 5.00. The normalized spacial score (nSPS) is 10.4. The summed E-state index contributed by atoms with van der Waals surface area (Å²) in [6, 6.07) is 0.228. The van der Waals surface area contributed by atoms with E-state index in [0.717, 1.165) is 11.4 Å². The van der Waals surface area contributed by atoms with Gasteiger partial charge in [-0.15, -0.1) is 11.3 Å². The molecule has 0 aliphatic rings. The fraction of sp³-hybridized carbons (Fsp3) is 0.455. The van der Waals surface area contributed by atoms with E-state index < -0.39 is 0 Å². The van der Waals surface area contributed by atoms with E-state index >= 15 is 0 Å². The number of aryl methyl sites for hydroxylation is 1. The van der Waals surface area contributed by atoms with Crippen LogP contribution in [-0.2, 0) is 13.0 Å². The van der Waals surface area contributed by atoms with Crippen LogP contribution in [-0.4, -0.2) is 26.5 Å². The highest BCUT2D eigenvalue weighted by Gasteiger charge is 2.06. The largest absolute Gasteiger partial charge is 0.464 e. The Morgan fingerprint density at radius 1 is 1.32 bits per heavy atom. The quantitative estimate of drug-likeness (QED) is 0.826. The Morgan fingerprint density at radius 3 is 2.84 bits per heavy atom. The Hall–Kier alpha value is -1.96. The van der Waals surface area contributed by atoms with Crippen LogP contribution >= 0.6 is 11.3 Å². The van der Waals surface area contributed by atoms with E-state index in [1.165, 1.54) is 4.88 Å². The Morgan fingerprint density at radius 2 is 2.16 bits per heavy atom. The first-order valence-corrected chi connectivity index (χ1v) is 6.84. The number of nitrogens with two attached hydrogens (primary N) is 1. The molecule has 0 unspecified atom stereocenters. The van der Waals surface area contributed by atoms with Crippen molar-refractivity contribution >= 4 is 23.2 Å². The number of hydrogen-bond donors (Lipinski definition) is 2. The van der Waals surface area contributed by atoms with Crippen molar-refractivity contribution in [3.05, 3.63) is 16.1 Å². The van der Waals surface area contributed by atoms with Gasteiger partial charge in [-0.3, -0.25) is 0 Å². The first-order valence-electron chi connectivity index (χ1n) is 6.03. The van der Waals surface area contributed by atoms with Crippen LogP contribution in [0.2, 0.25) is 0 Å². The van der Waals surface area contributed by atoms with Gasteiger partial charge in [-0.05, 0) is 13.3 Å². The van der Waals surface area contributed by atoms with Crippen molar-refractivity contribution in [3.8, 4) is 6.01 Å². The summed E-state index contributed by atoms with van der Waals surface area (Å²) in [5.41, 5.74) is 5.59. The molecule has 0 atom stereocenters. The van der Waals surface area contributed by atoms with Gasteiger partial charge >= 0.3 is 6.01 Å². The fourth-order valence-corrected chi connectivity index (χ4v) is 2.19. The van der Waals surface area contributed by atoms with E-state index in [9.17, 15) is 0 Å². The van der Waals surface area contributed by atoms with Crippen molar-refractivity contribution in [1.82, 2.24) is 19.9 Å². The predicted molar refractivity (Wildman–Crippen MR) is 74.2 cm³/mol. The van der Waals surface area contributed by atoms with Crippen molar-refractivity contribution in [2.75, 3.05) is 17.7 Å². The second-order valence-electron chi connectivity index (χ2n) is 3.66. The second-order valence-corrected chi connectivity index (χ2v) is 4.86. The zero-order valence-corrected chi connectivity index (χ0v) is 11.7. The third kappa shape index (κ3) is 3.75. The molecule has 7 nitrogen and oxygen atoms in total. The minimum atomic E-state index is 0.134. The maximum Gasteiger partial charge on any atom is 0.323 e. The summed E-state index contributed by atoms with van der Waals surface area (Å²) in [4.78, 5) is 17.5. The summed E-state index contributed by atoms with van der Waals surface area (Å²) in [5, 5.41) is 4.04. The monoisotopic (exact) mass is 280 g/mol. The topological polar surface area (TPSA) is 98.8 Å². The second kappa shape index (κ2) is 6.28. The molecule has 0 spiro atoms. The minimum absolute atomic E-state index is 0.134. The lowest BCUT2D eigenvalue weighted by Gasteiger charge is -2.05. The van der Waals surface area contributed by atoms with Gasteiger partial charge in [-0.25, -0.2) is 4.98 Å². The molecule has 0 bridgehead atoms. The van der Waals surface area contributed by atoms with Crippen molar-refractivity contribution in [3.63, 3.8) is 0 Å². The average Bonchev–Trinajstić information content (AvgIpc) is 2.84. The number of hydrogen-bond acceptors (Lipinski definition) is 8. The smallest absolute Gasteiger partial charge is 0.323 e. The zero-order chi connectivity index (χ0) is 13.7. The molecule has 102 valence electrons. The Bertz CT molecular complexity index is 544. The van der Waals surface area contributed by atoms with Gasteiger partial charge in [0, 0.05) is 11.1 Å². The first-order chi connectivity index (χ1) is 9.21. The highest BCUT2D eigenvalue weighted by atomic mass is 32.1. The number of rotatable bonds is 6. The van der Waals surface area contributed by atoms with Crippen LogP contribution in [0.15, 0.2) is 6.20 Å². The maximum atomic E-state index is 5.59. The number of nitrogens with one attached hydrogen (secondary N) is 1. The van der Waals surface area contributed by atoms with E-state index in [1.54, 1.807) is 11.3 Å². The van der Waals surface area contributed by atoms with Gasteiger partial charge in [0.05, 0.1) is 13.2 Å². The van der Waals surface area contributed by atoms with Gasteiger partial charge < -0.3 is 15.8 Å². The molecule has 3 N–H and O–H groups in total. The highest BCUT2D eigenvalue weighted by Crippen LogP contribution is 2.15. The van der Waals surface area contributed by atoms with Gasteiger partial charge in [0.25, 0.3) is 0 Å². The number of thiazole rings is 1. The number of nitrogens with zero attached hydrogens (tertiary/aromatic N) is 4. The van der Waals surface area contributed by atoms with Gasteiger partial charge in [0.15, 0.2) is 0 Å². The number of nitrogen functional groups attached to an aromatic ring is 1. The first kappa shape index (κ1) is 13.5. The molecule has 0 saturated carbocycles. The third-order valence-corrected chi connectivity index (χ3v) is 3.39. The number of anilines is 2. The summed E-state index contributed by atoms with van der Waals surface area (Å²) >= 11 is 1.66. The molecule has 0 aliphatic carbocycles. The summed E-state index contributed by atoms with van der Waals surface area (Å²) in [5.74, 6) is 0.526. The lowest BCUT2D eigenvalue weighted by molar-refractivity contribution is 0.312. The van der Waals surface area contributed by atoms with Crippen LogP contribution in [0.5, 0.6) is 6.01 Å². The van der Waals surface area contributed by atoms with E-state index in [0.29, 0.717) is 19.1 Å². The van der Waals surface area contributed by atoms with E-state index in [4.69, 9.17) is 10.5 Å². The van der Waals surface area contributed by atoms with Gasteiger partial charge in [-0.1, -0.05) is 6.92 Å². The van der Waals surface area contributed by atoms with Gasteiger partial charge in [0.1, 0.15) is 5.01 Å². The Labute approximate surface area is 115 Å². The van der Waals surface area contributed by atoms with Crippen molar-refractivity contribution in [1.29, 1.82) is 0 Å². The van der Waals surface area contributed by atoms with Crippen LogP contribution in [0.4, 0.5) is 11.9 Å². The van der Waals surface area contributed by atoms with Crippen molar-refractivity contribution in [2.45, 2.75) is 26.8 Å². The summed E-state index contributed by atoms with van der Waals surface area (Å²) < 4.78 is 5.21. The summed E-state index contributed by atoms with van der Waals surface area (Å²) in [7, 11) is 0. The van der Waals surface area contributed by atoms with Crippen LogP contribution in [0, 0.1) is 0 Å². The minimum Gasteiger partial charge on any atom is -0.464 e. The molecule has 2 aromatic heterocycles. The molecule has 2 rings (SSSR count). The van der Waals surface area contributed by atoms with Crippen LogP contribution < -0.4 is 15.8 Å². The van der Waals surface area contributed by atoms with E-state index in [-0.39, 0.29) is 12.0 Å². The molecule has 0 aliphatic heterocycles. The molecule has 8 heteroatoms. The number of aromatic nitrogens is 4. The maximum absolute atomic E-state index is 5.59. The molecule has 0 radical (unpaired) electrons. The Balaban J connectivity index is 2.02. The fourth-order valence-electron chi connectivity index (χ4n) is 1.39. The predicted octanol–water partition coefficient (Wildman–Crippen LogP) is 1.48. The highest BCUT2D eigenvalue weighted by molar-refractivity contribution is 7.11. The van der Waals surface area contributed by atoms with E-state index in [2.05, 4.69) is 32.2 Å². The van der Waals surface area contributed by atoms with Crippen molar-refractivity contribution < 1.29 is 4.74 Å². The average molecular weight is 280 g/mol. The summed E-state index contributed by atoms with van der Waals surface area (Å²) in [6.07, 6.45) is 2.87. The van der Waals surface area contributed by atoms with Gasteiger partial charge in [0.2, 0.25) is 11.9 Å².